The highest BCUT2D eigenvalue weighted by Crippen LogP contribution is 2.36. The summed E-state index contributed by atoms with van der Waals surface area (Å²) >= 11 is 1.46. The van der Waals surface area contributed by atoms with Gasteiger partial charge in [0.15, 0.2) is 0 Å². The summed E-state index contributed by atoms with van der Waals surface area (Å²) in [5.41, 5.74) is 2.43. The Labute approximate surface area is 137 Å². The fourth-order valence-corrected chi connectivity index (χ4v) is 4.31. The van der Waals surface area contributed by atoms with Crippen LogP contribution in [0.25, 0.3) is 20.7 Å². The first kappa shape index (κ1) is 14.6. The van der Waals surface area contributed by atoms with E-state index in [1.54, 1.807) is 6.20 Å². The molecule has 0 saturated carbocycles. The lowest BCUT2D eigenvalue weighted by molar-refractivity contribution is 0.315. The molecule has 1 fully saturated rings. The number of nitrogens with one attached hydrogen (secondary N) is 3. The van der Waals surface area contributed by atoms with Crippen molar-refractivity contribution in [1.82, 2.24) is 25.5 Å². The van der Waals surface area contributed by atoms with Crippen LogP contribution in [0.15, 0.2) is 17.1 Å². The molecule has 3 aromatic heterocycles. The van der Waals surface area contributed by atoms with Gasteiger partial charge in [-0.3, -0.25) is 9.89 Å². The Morgan fingerprint density at radius 3 is 2.91 bits per heavy atom. The molecule has 0 unspecified atom stereocenters. The van der Waals surface area contributed by atoms with Crippen LogP contribution in [0.3, 0.4) is 0 Å². The summed E-state index contributed by atoms with van der Waals surface area (Å²) in [7, 11) is 0. The highest BCUT2D eigenvalue weighted by Gasteiger charge is 2.39. The van der Waals surface area contributed by atoms with Gasteiger partial charge in [-0.15, -0.1) is 11.3 Å². The predicted molar refractivity (Wildman–Crippen MR) is 91.7 cm³/mol. The van der Waals surface area contributed by atoms with E-state index in [0.29, 0.717) is 10.6 Å². The monoisotopic (exact) mass is 329 g/mol. The normalized spacial score (nSPS) is 24.6. The maximum atomic E-state index is 12.5. The van der Waals surface area contributed by atoms with E-state index in [9.17, 15) is 4.79 Å². The Morgan fingerprint density at radius 2 is 2.26 bits per heavy atom. The first-order valence-electron chi connectivity index (χ1n) is 7.79. The third-order valence-electron chi connectivity index (χ3n) is 5.03. The van der Waals surface area contributed by atoms with Gasteiger partial charge in [0.1, 0.15) is 10.5 Å². The Hall–Kier alpha value is -1.99. The smallest absolute Gasteiger partial charge is 0.268 e. The molecular weight excluding hydrogens is 310 g/mol. The number of nitrogens with zero attached hydrogens (tertiary/aromatic N) is 2. The Bertz CT molecular complexity index is 939. The van der Waals surface area contributed by atoms with Crippen LogP contribution in [0.5, 0.6) is 0 Å². The molecule has 0 aromatic carbocycles. The molecule has 4 rings (SSSR count). The second-order valence-electron chi connectivity index (χ2n) is 6.47. The fourth-order valence-electron chi connectivity index (χ4n) is 3.25. The maximum Gasteiger partial charge on any atom is 0.268 e. The number of aryl methyl sites for hydroxylation is 1. The minimum absolute atomic E-state index is 0.0653. The summed E-state index contributed by atoms with van der Waals surface area (Å²) in [5, 5.41) is 10.5. The maximum absolute atomic E-state index is 12.5. The number of hydrogen-bond donors (Lipinski definition) is 3. The summed E-state index contributed by atoms with van der Waals surface area (Å²) in [6.45, 7) is 7.23. The van der Waals surface area contributed by atoms with E-state index in [0.717, 1.165) is 40.4 Å². The molecule has 0 radical (unpaired) electrons. The number of aromatic nitrogens is 4. The Balaban J connectivity index is 1.88. The van der Waals surface area contributed by atoms with Crippen LogP contribution in [0, 0.1) is 12.8 Å². The molecular formula is C16H19N5OS. The highest BCUT2D eigenvalue weighted by molar-refractivity contribution is 7.22. The Morgan fingerprint density at radius 1 is 1.43 bits per heavy atom. The van der Waals surface area contributed by atoms with E-state index in [4.69, 9.17) is 4.98 Å². The van der Waals surface area contributed by atoms with Gasteiger partial charge in [-0.05, 0) is 38.8 Å². The molecule has 1 aliphatic heterocycles. The largest absolute Gasteiger partial charge is 0.308 e. The van der Waals surface area contributed by atoms with Crippen molar-refractivity contribution in [1.29, 1.82) is 0 Å². The van der Waals surface area contributed by atoms with E-state index < -0.39 is 0 Å². The molecule has 0 spiro atoms. The lowest BCUT2D eigenvalue weighted by atomic mass is 9.88. The first-order valence-corrected chi connectivity index (χ1v) is 8.60. The van der Waals surface area contributed by atoms with Crippen molar-refractivity contribution in [2.75, 3.05) is 6.54 Å². The standard InChI is InChI=1S/C16H19N5OS/c1-8-4-5-17-16(8,3)15-19-11-6-12(10-7-18-21-9(10)2)23-13(11)14(22)20-15/h6-8,17H,4-5H2,1-3H3,(H,18,21)(H,19,20,22)/t8-,16-/m0/s1. The van der Waals surface area contributed by atoms with Crippen LogP contribution in [-0.4, -0.2) is 26.7 Å². The van der Waals surface area contributed by atoms with Crippen LogP contribution in [0.4, 0.5) is 0 Å². The van der Waals surface area contributed by atoms with Gasteiger partial charge < -0.3 is 10.3 Å². The van der Waals surface area contributed by atoms with Crippen molar-refractivity contribution in [3.05, 3.63) is 34.1 Å². The van der Waals surface area contributed by atoms with Gasteiger partial charge in [0.05, 0.1) is 17.3 Å². The van der Waals surface area contributed by atoms with Crippen molar-refractivity contribution >= 4 is 21.6 Å². The number of rotatable bonds is 2. The minimum Gasteiger partial charge on any atom is -0.308 e. The van der Waals surface area contributed by atoms with E-state index in [2.05, 4.69) is 34.3 Å². The molecule has 23 heavy (non-hydrogen) atoms. The van der Waals surface area contributed by atoms with Gasteiger partial charge in [-0.1, -0.05) is 6.92 Å². The summed E-state index contributed by atoms with van der Waals surface area (Å²) in [4.78, 5) is 21.3. The number of hydrogen-bond acceptors (Lipinski definition) is 5. The van der Waals surface area contributed by atoms with Crippen molar-refractivity contribution in [2.24, 2.45) is 5.92 Å². The molecule has 0 bridgehead atoms. The lowest BCUT2D eigenvalue weighted by Gasteiger charge is -2.28. The topological polar surface area (TPSA) is 86.5 Å². The van der Waals surface area contributed by atoms with E-state index in [-0.39, 0.29) is 11.1 Å². The van der Waals surface area contributed by atoms with Crippen molar-refractivity contribution < 1.29 is 0 Å². The zero-order valence-electron chi connectivity index (χ0n) is 13.4. The van der Waals surface area contributed by atoms with Gasteiger partial charge in [0, 0.05) is 16.1 Å². The zero-order valence-corrected chi connectivity index (χ0v) is 14.2. The molecule has 4 heterocycles. The van der Waals surface area contributed by atoms with Gasteiger partial charge in [0.25, 0.3) is 5.56 Å². The van der Waals surface area contributed by atoms with Crippen molar-refractivity contribution in [3.8, 4) is 10.4 Å². The summed E-state index contributed by atoms with van der Waals surface area (Å²) in [6, 6.07) is 1.99. The van der Waals surface area contributed by atoms with Gasteiger partial charge in [-0.2, -0.15) is 5.10 Å². The van der Waals surface area contributed by atoms with E-state index >= 15 is 0 Å². The molecule has 7 heteroatoms. The van der Waals surface area contributed by atoms with Crippen LogP contribution in [-0.2, 0) is 5.54 Å². The molecule has 2 atom stereocenters. The molecule has 3 N–H and O–H groups in total. The number of thiophene rings is 1. The lowest BCUT2D eigenvalue weighted by Crippen LogP contribution is -2.40. The van der Waals surface area contributed by atoms with Gasteiger partial charge >= 0.3 is 0 Å². The van der Waals surface area contributed by atoms with E-state index in [1.165, 1.54) is 11.3 Å². The van der Waals surface area contributed by atoms with Crippen LogP contribution < -0.4 is 10.9 Å². The fraction of sp³-hybridized carbons (Fsp3) is 0.438. The molecule has 1 aliphatic rings. The van der Waals surface area contributed by atoms with Gasteiger partial charge in [0.2, 0.25) is 0 Å². The SMILES string of the molecule is Cc1[nH]ncc1-c1cc2nc([C@@]3(C)NCC[C@@H]3C)[nH]c(=O)c2s1. The molecule has 6 nitrogen and oxygen atoms in total. The molecule has 1 saturated heterocycles. The second-order valence-corrected chi connectivity index (χ2v) is 7.52. The average molecular weight is 329 g/mol. The second kappa shape index (κ2) is 5.01. The van der Waals surface area contributed by atoms with Crippen molar-refractivity contribution in [3.63, 3.8) is 0 Å². The third-order valence-corrected chi connectivity index (χ3v) is 6.18. The number of H-pyrrole nitrogens is 2. The minimum atomic E-state index is -0.277. The number of fused-ring (bicyclic) bond motifs is 1. The van der Waals surface area contributed by atoms with Crippen LogP contribution in [0.2, 0.25) is 0 Å². The van der Waals surface area contributed by atoms with E-state index in [1.807, 2.05) is 13.0 Å². The molecule has 0 aliphatic carbocycles. The van der Waals surface area contributed by atoms with Crippen LogP contribution >= 0.6 is 11.3 Å². The van der Waals surface area contributed by atoms with Crippen molar-refractivity contribution in [2.45, 2.75) is 32.7 Å². The summed E-state index contributed by atoms with van der Waals surface area (Å²) in [6.07, 6.45) is 2.87. The molecule has 3 aromatic rings. The third kappa shape index (κ3) is 2.14. The quantitative estimate of drug-likeness (QED) is 0.674. The molecule has 120 valence electrons. The summed E-state index contributed by atoms with van der Waals surface area (Å²) in [5.74, 6) is 1.16. The average Bonchev–Trinajstić information content (AvgIpc) is 3.19. The first-order chi connectivity index (χ1) is 11.0. The number of aromatic amines is 2. The summed E-state index contributed by atoms with van der Waals surface area (Å²) < 4.78 is 0.665. The zero-order chi connectivity index (χ0) is 16.2. The highest BCUT2D eigenvalue weighted by atomic mass is 32.1. The van der Waals surface area contributed by atoms with Gasteiger partial charge in [-0.25, -0.2) is 4.98 Å². The Kier molecular flexibility index (Phi) is 3.18. The molecule has 0 amide bonds. The predicted octanol–water partition coefficient (Wildman–Crippen LogP) is 2.53. The van der Waals surface area contributed by atoms with Crippen LogP contribution in [0.1, 0.15) is 31.8 Å².